The van der Waals surface area contributed by atoms with Crippen LogP contribution in [-0.4, -0.2) is 16.1 Å². The van der Waals surface area contributed by atoms with E-state index in [0.717, 1.165) is 24.8 Å². The fourth-order valence-corrected chi connectivity index (χ4v) is 2.29. The van der Waals surface area contributed by atoms with Gasteiger partial charge in [0.15, 0.2) is 0 Å². The maximum Gasteiger partial charge on any atom is 0.258 e. The van der Waals surface area contributed by atoms with Crippen LogP contribution in [0, 0.1) is 0 Å². The Balaban J connectivity index is 2.74. The van der Waals surface area contributed by atoms with E-state index in [1.54, 1.807) is 10.2 Å². The van der Waals surface area contributed by atoms with Crippen LogP contribution in [0.25, 0.3) is 0 Å². The lowest BCUT2D eigenvalue weighted by Crippen LogP contribution is -2.17. The molecule has 62 valence electrons. The van der Waals surface area contributed by atoms with E-state index in [-0.39, 0.29) is 5.91 Å². The highest BCUT2D eigenvalue weighted by atomic mass is 127. The van der Waals surface area contributed by atoms with E-state index in [2.05, 4.69) is 22.6 Å². The van der Waals surface area contributed by atoms with Gasteiger partial charge in [0, 0.05) is 12.6 Å². The number of hydrogen-bond acceptors (Lipinski definition) is 1. The van der Waals surface area contributed by atoms with Crippen molar-refractivity contribution in [1.82, 2.24) is 3.11 Å². The Kier molecular flexibility index (Phi) is 3.60. The van der Waals surface area contributed by atoms with Gasteiger partial charge in [-0.1, -0.05) is 0 Å². The maximum absolute atomic E-state index is 11.4. The number of allylic oxidation sites excluding steroid dienone is 1. The van der Waals surface area contributed by atoms with Crippen LogP contribution >= 0.6 is 45.5 Å². The highest BCUT2D eigenvalue weighted by Crippen LogP contribution is 2.32. The Hall–Kier alpha value is 0.670. The molecular weight excluding hydrogens is 368 g/mol. The molecule has 0 radical (unpaired) electrons. The number of rotatable bonds is 1. The summed E-state index contributed by atoms with van der Waals surface area (Å²) in [5.74, 6) is 0.174. The van der Waals surface area contributed by atoms with Gasteiger partial charge in [0.1, 0.15) is 0 Å². The SMILES string of the molecule is CN(I)C(=O)C1=C(I)CCC1. The fourth-order valence-electron chi connectivity index (χ4n) is 1.12. The van der Waals surface area contributed by atoms with Crippen LogP contribution in [0.5, 0.6) is 0 Å². The molecule has 0 saturated carbocycles. The molecule has 0 spiro atoms. The van der Waals surface area contributed by atoms with E-state index < -0.39 is 0 Å². The predicted octanol–water partition coefficient (Wildman–Crippen LogP) is 2.67. The Labute approximate surface area is 94.0 Å². The summed E-state index contributed by atoms with van der Waals surface area (Å²) in [6.45, 7) is 0. The molecule has 0 aromatic carbocycles. The Bertz CT molecular complexity index is 210. The van der Waals surface area contributed by atoms with Gasteiger partial charge in [-0.15, -0.1) is 0 Å². The number of carbonyl (C=O) groups is 1. The molecule has 4 heteroatoms. The number of nitrogens with zero attached hydrogens (tertiary/aromatic N) is 1. The Morgan fingerprint density at radius 1 is 1.55 bits per heavy atom. The van der Waals surface area contributed by atoms with Gasteiger partial charge in [0.25, 0.3) is 5.91 Å². The van der Waals surface area contributed by atoms with E-state index in [1.807, 2.05) is 22.9 Å². The molecule has 0 unspecified atom stereocenters. The summed E-state index contributed by atoms with van der Waals surface area (Å²) >= 11 is 4.29. The van der Waals surface area contributed by atoms with Crippen molar-refractivity contribution in [1.29, 1.82) is 0 Å². The van der Waals surface area contributed by atoms with Gasteiger partial charge < -0.3 is 0 Å². The molecule has 11 heavy (non-hydrogen) atoms. The molecule has 0 saturated heterocycles. The molecule has 0 atom stereocenters. The number of amides is 1. The third-order valence-corrected chi connectivity index (χ3v) is 3.32. The van der Waals surface area contributed by atoms with Crippen molar-refractivity contribution >= 4 is 51.4 Å². The zero-order valence-electron chi connectivity index (χ0n) is 6.23. The summed E-state index contributed by atoms with van der Waals surface area (Å²) in [6.07, 6.45) is 3.19. The summed E-state index contributed by atoms with van der Waals surface area (Å²) in [5.41, 5.74) is 1.02. The van der Waals surface area contributed by atoms with Gasteiger partial charge in [0.2, 0.25) is 0 Å². The molecule has 2 nitrogen and oxygen atoms in total. The largest absolute Gasteiger partial charge is 0.284 e. The second-order valence-corrected chi connectivity index (χ2v) is 5.27. The molecule has 1 amide bonds. The number of carbonyl (C=O) groups excluding carboxylic acids is 1. The van der Waals surface area contributed by atoms with E-state index in [1.165, 1.54) is 3.58 Å². The second-order valence-electron chi connectivity index (χ2n) is 2.52. The minimum Gasteiger partial charge on any atom is -0.284 e. The number of likely N-dealkylation sites (N-methyl/N-ethyl adjacent to an activating group) is 1. The van der Waals surface area contributed by atoms with Gasteiger partial charge in [-0.2, -0.15) is 0 Å². The smallest absolute Gasteiger partial charge is 0.258 e. The van der Waals surface area contributed by atoms with Crippen LogP contribution in [0.4, 0.5) is 0 Å². The fraction of sp³-hybridized carbons (Fsp3) is 0.571. The first-order valence-electron chi connectivity index (χ1n) is 3.44. The molecule has 0 aromatic rings. The number of hydrogen-bond donors (Lipinski definition) is 0. The summed E-state index contributed by atoms with van der Waals surface area (Å²) in [4.78, 5) is 11.4. The van der Waals surface area contributed by atoms with Crippen molar-refractivity contribution in [2.45, 2.75) is 19.3 Å². The average molecular weight is 377 g/mol. The van der Waals surface area contributed by atoms with Gasteiger partial charge in [-0.05, 0) is 45.4 Å². The van der Waals surface area contributed by atoms with E-state index in [0.29, 0.717) is 0 Å². The van der Waals surface area contributed by atoms with Gasteiger partial charge in [0.05, 0.1) is 22.9 Å². The topological polar surface area (TPSA) is 20.3 Å². The highest BCUT2D eigenvalue weighted by molar-refractivity contribution is 14.1. The maximum atomic E-state index is 11.4. The lowest BCUT2D eigenvalue weighted by Gasteiger charge is -2.08. The lowest BCUT2D eigenvalue weighted by atomic mass is 10.2. The third-order valence-electron chi connectivity index (χ3n) is 1.69. The van der Waals surface area contributed by atoms with Crippen LogP contribution in [0.2, 0.25) is 0 Å². The standard InChI is InChI=1S/C7H9I2NO/c1-10(9)7(11)5-3-2-4-6(5)8/h2-4H2,1H3. The quantitative estimate of drug-likeness (QED) is 0.509. The molecule has 0 aromatic heterocycles. The van der Waals surface area contributed by atoms with E-state index in [9.17, 15) is 4.79 Å². The van der Waals surface area contributed by atoms with Crippen molar-refractivity contribution in [2.75, 3.05) is 7.05 Å². The minimum absolute atomic E-state index is 0.174. The van der Waals surface area contributed by atoms with E-state index in [4.69, 9.17) is 0 Å². The van der Waals surface area contributed by atoms with Crippen molar-refractivity contribution in [2.24, 2.45) is 0 Å². The van der Waals surface area contributed by atoms with Crippen LogP contribution in [0.15, 0.2) is 9.15 Å². The van der Waals surface area contributed by atoms with Gasteiger partial charge in [-0.25, -0.2) is 0 Å². The van der Waals surface area contributed by atoms with Crippen molar-refractivity contribution in [3.63, 3.8) is 0 Å². The van der Waals surface area contributed by atoms with Crippen molar-refractivity contribution in [3.05, 3.63) is 9.15 Å². The van der Waals surface area contributed by atoms with Crippen LogP contribution in [0.1, 0.15) is 19.3 Å². The molecule has 0 fully saturated rings. The summed E-state index contributed by atoms with van der Waals surface area (Å²) in [6, 6.07) is 0. The van der Waals surface area contributed by atoms with Crippen molar-refractivity contribution < 1.29 is 4.79 Å². The average Bonchev–Trinajstić information content (AvgIpc) is 2.33. The summed E-state index contributed by atoms with van der Waals surface area (Å²) < 4.78 is 2.87. The molecule has 1 aliphatic carbocycles. The molecule has 0 heterocycles. The lowest BCUT2D eigenvalue weighted by molar-refractivity contribution is -0.120. The number of halogens is 2. The zero-order chi connectivity index (χ0) is 8.43. The minimum atomic E-state index is 0.174. The second kappa shape index (κ2) is 4.06. The summed E-state index contributed by atoms with van der Waals surface area (Å²) in [7, 11) is 1.79. The molecule has 0 bridgehead atoms. The first-order valence-corrected chi connectivity index (χ1v) is 5.48. The van der Waals surface area contributed by atoms with Crippen LogP contribution in [-0.2, 0) is 4.79 Å². The first-order chi connectivity index (χ1) is 5.13. The monoisotopic (exact) mass is 377 g/mol. The van der Waals surface area contributed by atoms with Crippen molar-refractivity contribution in [3.8, 4) is 0 Å². The first kappa shape index (κ1) is 9.76. The predicted molar refractivity (Wildman–Crippen MR) is 61.7 cm³/mol. The van der Waals surface area contributed by atoms with E-state index >= 15 is 0 Å². The van der Waals surface area contributed by atoms with Crippen LogP contribution < -0.4 is 0 Å². The Morgan fingerprint density at radius 2 is 2.18 bits per heavy atom. The molecule has 1 aliphatic rings. The summed E-state index contributed by atoms with van der Waals surface area (Å²) in [5, 5.41) is 0. The molecule has 1 rings (SSSR count). The van der Waals surface area contributed by atoms with Gasteiger partial charge >= 0.3 is 0 Å². The van der Waals surface area contributed by atoms with Crippen LogP contribution in [0.3, 0.4) is 0 Å². The third kappa shape index (κ3) is 2.30. The Morgan fingerprint density at radius 3 is 2.55 bits per heavy atom. The molecule has 0 aliphatic heterocycles. The highest BCUT2D eigenvalue weighted by Gasteiger charge is 2.20. The zero-order valence-corrected chi connectivity index (χ0v) is 10.5. The molecule has 0 N–H and O–H groups in total. The normalized spacial score (nSPS) is 17.4. The molecular formula is C7H9I2NO. The van der Waals surface area contributed by atoms with Gasteiger partial charge in [-0.3, -0.25) is 7.91 Å².